The Labute approximate surface area is 97.8 Å². The molecule has 0 heterocycles. The second-order valence-corrected chi connectivity index (χ2v) is 3.60. The number of hydrogen-bond acceptors (Lipinski definition) is 3. The summed E-state index contributed by atoms with van der Waals surface area (Å²) in [5.41, 5.74) is 6.22. The zero-order valence-electron chi connectivity index (χ0n) is 9.54. The second kappa shape index (κ2) is 5.58. The molecule has 0 aromatic heterocycles. The largest absolute Gasteiger partial charge is 0.433 e. The fourth-order valence-electron chi connectivity index (χ4n) is 1.23. The van der Waals surface area contributed by atoms with Crippen LogP contribution in [0.25, 0.3) is 0 Å². The number of carbonyl (C=O) groups excluding carboxylic acids is 1. The Morgan fingerprint density at radius 3 is 2.65 bits per heavy atom. The van der Waals surface area contributed by atoms with Crippen molar-refractivity contribution in [2.75, 3.05) is 5.32 Å². The number of hydrogen-bond donors (Lipinski definition) is 2. The molecule has 3 N–H and O–H groups in total. The third-order valence-corrected chi connectivity index (χ3v) is 2.11. The van der Waals surface area contributed by atoms with E-state index in [0.717, 1.165) is 0 Å². The van der Waals surface area contributed by atoms with Crippen LogP contribution in [0.15, 0.2) is 18.2 Å². The van der Waals surface area contributed by atoms with Crippen molar-refractivity contribution >= 4 is 11.6 Å². The van der Waals surface area contributed by atoms with Crippen LogP contribution in [0, 0.1) is 6.92 Å². The second-order valence-electron chi connectivity index (χ2n) is 3.60. The molecule has 1 atom stereocenters. The summed E-state index contributed by atoms with van der Waals surface area (Å²) in [4.78, 5) is 11.4. The predicted octanol–water partition coefficient (Wildman–Crippen LogP) is 1.88. The standard InChI is InChI=1S/C11H14F2N2O2/c1-6-4-3-5-8(17-11(12)13)9(6)15-10(16)7(2)14/h3-5,7,11H,14H2,1-2H3,(H,15,16)/t7-/m0/s1. The molecule has 1 aromatic rings. The van der Waals surface area contributed by atoms with Crippen molar-refractivity contribution in [1.82, 2.24) is 0 Å². The number of rotatable bonds is 4. The van der Waals surface area contributed by atoms with Crippen LogP contribution >= 0.6 is 0 Å². The lowest BCUT2D eigenvalue weighted by atomic mass is 10.1. The van der Waals surface area contributed by atoms with Gasteiger partial charge in [-0.05, 0) is 25.5 Å². The van der Waals surface area contributed by atoms with Crippen LogP contribution in [0.3, 0.4) is 0 Å². The van der Waals surface area contributed by atoms with E-state index >= 15 is 0 Å². The van der Waals surface area contributed by atoms with Crippen LogP contribution in [0.5, 0.6) is 5.75 Å². The van der Waals surface area contributed by atoms with Crippen LogP contribution in [-0.4, -0.2) is 18.6 Å². The lowest BCUT2D eigenvalue weighted by Gasteiger charge is -2.15. The van der Waals surface area contributed by atoms with Gasteiger partial charge in [-0.3, -0.25) is 4.79 Å². The Morgan fingerprint density at radius 1 is 1.47 bits per heavy atom. The minimum absolute atomic E-state index is 0.0750. The molecule has 6 heteroatoms. The highest BCUT2D eigenvalue weighted by atomic mass is 19.3. The molecule has 0 aliphatic heterocycles. The molecule has 4 nitrogen and oxygen atoms in total. The zero-order chi connectivity index (χ0) is 13.0. The maximum Gasteiger partial charge on any atom is 0.387 e. The first kappa shape index (κ1) is 13.4. The van der Waals surface area contributed by atoms with Crippen LogP contribution in [-0.2, 0) is 4.79 Å². The SMILES string of the molecule is Cc1cccc(OC(F)F)c1NC(=O)[C@H](C)N. The van der Waals surface area contributed by atoms with Gasteiger partial charge in [0.05, 0.1) is 11.7 Å². The molecule has 0 fully saturated rings. The number of para-hydroxylation sites is 1. The summed E-state index contributed by atoms with van der Waals surface area (Å²) in [7, 11) is 0. The van der Waals surface area contributed by atoms with Gasteiger partial charge in [-0.2, -0.15) is 8.78 Å². The number of alkyl halides is 2. The smallest absolute Gasteiger partial charge is 0.387 e. The first-order chi connectivity index (χ1) is 7.91. The number of halogens is 2. The van der Waals surface area contributed by atoms with Gasteiger partial charge in [-0.15, -0.1) is 0 Å². The maximum atomic E-state index is 12.2. The minimum atomic E-state index is -2.94. The van der Waals surface area contributed by atoms with Crippen molar-refractivity contribution in [2.45, 2.75) is 26.5 Å². The third-order valence-electron chi connectivity index (χ3n) is 2.11. The Morgan fingerprint density at radius 2 is 2.12 bits per heavy atom. The van der Waals surface area contributed by atoms with Gasteiger partial charge < -0.3 is 15.8 Å². The highest BCUT2D eigenvalue weighted by Crippen LogP contribution is 2.29. The Balaban J connectivity index is 2.99. The summed E-state index contributed by atoms with van der Waals surface area (Å²) >= 11 is 0. The van der Waals surface area contributed by atoms with Crippen LogP contribution in [0.4, 0.5) is 14.5 Å². The predicted molar refractivity (Wildman–Crippen MR) is 60.1 cm³/mol. The molecule has 0 radical (unpaired) electrons. The van der Waals surface area contributed by atoms with Gasteiger partial charge in [-0.25, -0.2) is 0 Å². The summed E-state index contributed by atoms with van der Waals surface area (Å²) < 4.78 is 28.7. The van der Waals surface area contributed by atoms with Crippen molar-refractivity contribution in [3.63, 3.8) is 0 Å². The molecular formula is C11H14F2N2O2. The minimum Gasteiger partial charge on any atom is -0.433 e. The van der Waals surface area contributed by atoms with E-state index in [1.165, 1.54) is 13.0 Å². The maximum absolute atomic E-state index is 12.2. The molecular weight excluding hydrogens is 230 g/mol. The van der Waals surface area contributed by atoms with E-state index in [-0.39, 0.29) is 11.4 Å². The summed E-state index contributed by atoms with van der Waals surface area (Å²) in [6, 6.07) is 3.87. The van der Waals surface area contributed by atoms with Crippen molar-refractivity contribution in [3.05, 3.63) is 23.8 Å². The highest BCUT2D eigenvalue weighted by molar-refractivity contribution is 5.96. The highest BCUT2D eigenvalue weighted by Gasteiger charge is 2.15. The lowest BCUT2D eigenvalue weighted by Crippen LogP contribution is -2.32. The number of aryl methyl sites for hydroxylation is 1. The quantitative estimate of drug-likeness (QED) is 0.850. The Hall–Kier alpha value is -1.69. The van der Waals surface area contributed by atoms with E-state index in [4.69, 9.17) is 5.73 Å². The number of anilines is 1. The molecule has 1 rings (SSSR count). The molecule has 0 aliphatic carbocycles. The van der Waals surface area contributed by atoms with Crippen LogP contribution in [0.2, 0.25) is 0 Å². The Kier molecular flexibility index (Phi) is 4.39. The van der Waals surface area contributed by atoms with Gasteiger partial charge in [0.2, 0.25) is 5.91 Å². The van der Waals surface area contributed by atoms with Gasteiger partial charge in [0.15, 0.2) is 0 Å². The van der Waals surface area contributed by atoms with Crippen LogP contribution in [0.1, 0.15) is 12.5 Å². The van der Waals surface area contributed by atoms with Gasteiger partial charge >= 0.3 is 6.61 Å². The van der Waals surface area contributed by atoms with Crippen molar-refractivity contribution in [1.29, 1.82) is 0 Å². The molecule has 0 bridgehead atoms. The Bertz CT molecular complexity index is 408. The average Bonchev–Trinajstić information content (AvgIpc) is 2.22. The third kappa shape index (κ3) is 3.67. The number of amides is 1. The van der Waals surface area contributed by atoms with Gasteiger partial charge in [0.1, 0.15) is 5.75 Å². The van der Waals surface area contributed by atoms with Crippen LogP contribution < -0.4 is 15.8 Å². The fraction of sp³-hybridized carbons (Fsp3) is 0.364. The summed E-state index contributed by atoms with van der Waals surface area (Å²) in [5.74, 6) is -0.535. The number of benzene rings is 1. The monoisotopic (exact) mass is 244 g/mol. The molecule has 94 valence electrons. The lowest BCUT2D eigenvalue weighted by molar-refractivity contribution is -0.117. The van der Waals surface area contributed by atoms with Crippen molar-refractivity contribution in [3.8, 4) is 5.75 Å². The summed E-state index contributed by atoms with van der Waals surface area (Å²) in [5, 5.41) is 2.46. The number of nitrogens with two attached hydrogens (primary N) is 1. The van der Waals surface area contributed by atoms with E-state index in [2.05, 4.69) is 10.1 Å². The average molecular weight is 244 g/mol. The molecule has 1 amide bonds. The van der Waals surface area contributed by atoms with E-state index in [1.54, 1.807) is 19.1 Å². The molecule has 0 unspecified atom stereocenters. The fourth-order valence-corrected chi connectivity index (χ4v) is 1.23. The van der Waals surface area contributed by atoms with Gasteiger partial charge in [0, 0.05) is 0 Å². The molecule has 0 saturated heterocycles. The number of ether oxygens (including phenoxy) is 1. The number of carbonyl (C=O) groups is 1. The normalized spacial score (nSPS) is 12.4. The molecule has 0 saturated carbocycles. The number of nitrogens with one attached hydrogen (secondary N) is 1. The van der Waals surface area contributed by atoms with Gasteiger partial charge in [-0.1, -0.05) is 12.1 Å². The van der Waals surface area contributed by atoms with Crippen molar-refractivity contribution < 1.29 is 18.3 Å². The first-order valence-electron chi connectivity index (χ1n) is 5.02. The zero-order valence-corrected chi connectivity index (χ0v) is 9.54. The molecule has 0 aliphatic rings. The summed E-state index contributed by atoms with van der Waals surface area (Å²) in [6.07, 6.45) is 0. The van der Waals surface area contributed by atoms with Crippen molar-refractivity contribution in [2.24, 2.45) is 5.73 Å². The van der Waals surface area contributed by atoms with E-state index in [9.17, 15) is 13.6 Å². The van der Waals surface area contributed by atoms with E-state index in [1.807, 2.05) is 0 Å². The first-order valence-corrected chi connectivity index (χ1v) is 5.02. The molecule has 0 spiro atoms. The van der Waals surface area contributed by atoms with E-state index < -0.39 is 18.6 Å². The van der Waals surface area contributed by atoms with Gasteiger partial charge in [0.25, 0.3) is 0 Å². The van der Waals surface area contributed by atoms with E-state index in [0.29, 0.717) is 5.56 Å². The molecule has 1 aromatic carbocycles. The topological polar surface area (TPSA) is 64.3 Å². The summed E-state index contributed by atoms with van der Waals surface area (Å²) in [6.45, 7) is 0.235. The molecule has 17 heavy (non-hydrogen) atoms.